The van der Waals surface area contributed by atoms with Crippen LogP contribution in [-0.2, 0) is 0 Å². The summed E-state index contributed by atoms with van der Waals surface area (Å²) in [5, 5.41) is 2.10. The third kappa shape index (κ3) is 2.69. The van der Waals surface area contributed by atoms with Crippen LogP contribution < -0.4 is 5.19 Å². The number of hydrogen-bond acceptors (Lipinski definition) is 0. The van der Waals surface area contributed by atoms with E-state index >= 15 is 0 Å². The van der Waals surface area contributed by atoms with Gasteiger partial charge in [0.15, 0.2) is 0 Å². The smallest absolute Gasteiger partial charge is 0.0716 e. The molecule has 0 aliphatic rings. The van der Waals surface area contributed by atoms with Crippen LogP contribution in [0.3, 0.4) is 0 Å². The average molecular weight is 252 g/mol. The molecule has 1 aromatic rings. The summed E-state index contributed by atoms with van der Waals surface area (Å²) in [4.78, 5) is 0. The minimum absolute atomic E-state index is 0.521. The molecule has 0 spiro atoms. The first kappa shape index (κ1) is 13.8. The van der Waals surface area contributed by atoms with E-state index in [1.807, 2.05) is 6.07 Å². The highest BCUT2D eigenvalue weighted by Crippen LogP contribution is 2.33. The van der Waals surface area contributed by atoms with E-state index in [1.54, 1.807) is 0 Å². The molecule has 0 fully saturated rings. The standard InChI is InChI=1S/C14H20ClSi/c1-5-9(3)13-11(15)7-8-12(16)14(13)10(4)6-2/h7-10H,5-6H2,1-4H3. The average Bonchev–Trinajstić information content (AvgIpc) is 2.29. The topological polar surface area (TPSA) is 0 Å². The van der Waals surface area contributed by atoms with Gasteiger partial charge in [-0.25, -0.2) is 0 Å². The molecule has 0 aliphatic heterocycles. The summed E-state index contributed by atoms with van der Waals surface area (Å²) < 4.78 is 0. The van der Waals surface area contributed by atoms with Crippen LogP contribution >= 0.6 is 11.6 Å². The van der Waals surface area contributed by atoms with Gasteiger partial charge in [-0.05, 0) is 41.9 Å². The van der Waals surface area contributed by atoms with Crippen LogP contribution in [0.5, 0.6) is 0 Å². The zero-order valence-electron chi connectivity index (χ0n) is 10.6. The van der Waals surface area contributed by atoms with E-state index in [-0.39, 0.29) is 0 Å². The van der Waals surface area contributed by atoms with E-state index in [0.29, 0.717) is 11.8 Å². The Hall–Kier alpha value is -0.273. The van der Waals surface area contributed by atoms with Crippen LogP contribution in [0.15, 0.2) is 12.1 Å². The maximum atomic E-state index is 6.35. The quantitative estimate of drug-likeness (QED) is 0.705. The second kappa shape index (κ2) is 5.88. The van der Waals surface area contributed by atoms with Gasteiger partial charge < -0.3 is 0 Å². The molecule has 0 N–H and O–H groups in total. The summed E-state index contributed by atoms with van der Waals surface area (Å²) >= 11 is 6.35. The molecule has 2 unspecified atom stereocenters. The highest BCUT2D eigenvalue weighted by atomic mass is 35.5. The lowest BCUT2D eigenvalue weighted by Crippen LogP contribution is -2.17. The molecule has 0 saturated heterocycles. The molecule has 1 rings (SSSR count). The predicted molar refractivity (Wildman–Crippen MR) is 74.3 cm³/mol. The lowest BCUT2D eigenvalue weighted by molar-refractivity contribution is 0.680. The van der Waals surface area contributed by atoms with Gasteiger partial charge in [-0.3, -0.25) is 0 Å². The molecule has 0 aromatic heterocycles. The first-order valence-corrected chi connectivity index (χ1v) is 6.94. The fourth-order valence-corrected chi connectivity index (χ4v) is 2.87. The minimum atomic E-state index is 0.521. The van der Waals surface area contributed by atoms with Crippen molar-refractivity contribution >= 4 is 27.0 Å². The highest BCUT2D eigenvalue weighted by molar-refractivity contribution is 6.36. The van der Waals surface area contributed by atoms with Gasteiger partial charge >= 0.3 is 0 Å². The summed E-state index contributed by atoms with van der Waals surface area (Å²) in [6.45, 7) is 8.94. The molecule has 3 radical (unpaired) electrons. The van der Waals surface area contributed by atoms with Crippen molar-refractivity contribution in [2.24, 2.45) is 0 Å². The molecule has 87 valence electrons. The molecule has 0 bridgehead atoms. The fourth-order valence-electron chi connectivity index (χ4n) is 2.05. The van der Waals surface area contributed by atoms with Crippen molar-refractivity contribution in [3.63, 3.8) is 0 Å². The van der Waals surface area contributed by atoms with Gasteiger partial charge in [0.1, 0.15) is 0 Å². The van der Waals surface area contributed by atoms with Crippen LogP contribution in [0.1, 0.15) is 63.5 Å². The largest absolute Gasteiger partial charge is 0.0840 e. The van der Waals surface area contributed by atoms with Crippen molar-refractivity contribution in [1.29, 1.82) is 0 Å². The van der Waals surface area contributed by atoms with Gasteiger partial charge in [0, 0.05) is 5.02 Å². The highest BCUT2D eigenvalue weighted by Gasteiger charge is 2.18. The maximum absolute atomic E-state index is 6.35. The van der Waals surface area contributed by atoms with Gasteiger partial charge in [-0.2, -0.15) is 0 Å². The molecule has 0 saturated carbocycles. The van der Waals surface area contributed by atoms with Crippen LogP contribution in [0.4, 0.5) is 0 Å². The van der Waals surface area contributed by atoms with Crippen molar-refractivity contribution in [3.05, 3.63) is 28.3 Å². The van der Waals surface area contributed by atoms with Crippen LogP contribution in [0.2, 0.25) is 5.02 Å². The van der Waals surface area contributed by atoms with Crippen molar-refractivity contribution in [3.8, 4) is 0 Å². The molecule has 0 aliphatic carbocycles. The zero-order valence-corrected chi connectivity index (χ0v) is 12.4. The zero-order chi connectivity index (χ0) is 12.3. The van der Waals surface area contributed by atoms with E-state index in [0.717, 1.165) is 17.9 Å². The van der Waals surface area contributed by atoms with Crippen molar-refractivity contribution in [2.45, 2.75) is 52.4 Å². The number of halogens is 1. The lowest BCUT2D eigenvalue weighted by Gasteiger charge is -2.23. The Kier molecular flexibility index (Phi) is 5.07. The number of hydrogen-bond donors (Lipinski definition) is 0. The van der Waals surface area contributed by atoms with Crippen LogP contribution in [0, 0.1) is 0 Å². The van der Waals surface area contributed by atoms with Gasteiger partial charge in [-0.15, -0.1) is 0 Å². The van der Waals surface area contributed by atoms with Crippen molar-refractivity contribution < 1.29 is 0 Å². The summed E-state index contributed by atoms with van der Waals surface area (Å²) in [5.41, 5.74) is 2.71. The van der Waals surface area contributed by atoms with Crippen molar-refractivity contribution in [1.82, 2.24) is 0 Å². The van der Waals surface area contributed by atoms with Crippen LogP contribution in [0.25, 0.3) is 0 Å². The summed E-state index contributed by atoms with van der Waals surface area (Å²) in [6, 6.07) is 4.06. The Labute approximate surface area is 108 Å². The monoisotopic (exact) mass is 251 g/mol. The molecule has 0 nitrogen and oxygen atoms in total. The lowest BCUT2D eigenvalue weighted by atomic mass is 9.86. The molecule has 16 heavy (non-hydrogen) atoms. The summed E-state index contributed by atoms with van der Waals surface area (Å²) in [7, 11) is 3.72. The fraction of sp³-hybridized carbons (Fsp3) is 0.571. The molecule has 0 amide bonds. The van der Waals surface area contributed by atoms with E-state index in [4.69, 9.17) is 11.6 Å². The Balaban J connectivity index is 3.36. The predicted octanol–water partition coefficient (Wildman–Crippen LogP) is 4.16. The molecule has 1 aromatic carbocycles. The summed E-state index contributed by atoms with van der Waals surface area (Å²) in [6.07, 6.45) is 2.26. The number of rotatable bonds is 4. The normalized spacial score (nSPS) is 14.9. The third-order valence-corrected chi connectivity index (χ3v) is 4.21. The van der Waals surface area contributed by atoms with E-state index in [2.05, 4.69) is 44.0 Å². The van der Waals surface area contributed by atoms with Crippen LogP contribution in [-0.4, -0.2) is 10.2 Å². The van der Waals surface area contributed by atoms with Gasteiger partial charge in [0.25, 0.3) is 0 Å². The third-order valence-electron chi connectivity index (χ3n) is 3.44. The molecule has 2 heteroatoms. The molecular formula is C14H20ClSi. The van der Waals surface area contributed by atoms with Gasteiger partial charge in [-0.1, -0.05) is 50.5 Å². The molecule has 2 atom stereocenters. The molecule has 0 heterocycles. The minimum Gasteiger partial charge on any atom is -0.0840 e. The van der Waals surface area contributed by atoms with Gasteiger partial charge in [0.05, 0.1) is 10.2 Å². The summed E-state index contributed by atoms with van der Waals surface area (Å²) in [5.74, 6) is 1.07. The van der Waals surface area contributed by atoms with E-state index in [9.17, 15) is 0 Å². The second-order valence-electron chi connectivity index (χ2n) is 4.54. The maximum Gasteiger partial charge on any atom is 0.0716 e. The second-order valence-corrected chi connectivity index (χ2v) is 5.49. The van der Waals surface area contributed by atoms with Crippen molar-refractivity contribution in [2.75, 3.05) is 0 Å². The number of benzene rings is 1. The SMILES string of the molecule is CCC(C)c1c([Si])ccc(Cl)c1C(C)CC. The first-order valence-electron chi connectivity index (χ1n) is 6.06. The first-order chi connectivity index (χ1) is 7.52. The Bertz CT molecular complexity index is 325. The Morgan fingerprint density at radius 3 is 2.06 bits per heavy atom. The Morgan fingerprint density at radius 2 is 1.56 bits per heavy atom. The van der Waals surface area contributed by atoms with E-state index in [1.165, 1.54) is 16.3 Å². The molecular weight excluding hydrogens is 232 g/mol. The van der Waals surface area contributed by atoms with E-state index < -0.39 is 0 Å². The Morgan fingerprint density at radius 1 is 1.06 bits per heavy atom. The van der Waals surface area contributed by atoms with Gasteiger partial charge in [0.2, 0.25) is 0 Å².